The summed E-state index contributed by atoms with van der Waals surface area (Å²) in [4.78, 5) is 0. The van der Waals surface area contributed by atoms with Crippen LogP contribution < -0.4 is 0 Å². The molecule has 3 N–H and O–H groups in total. The summed E-state index contributed by atoms with van der Waals surface area (Å²) in [5, 5.41) is 32.0. The molecule has 0 radical (unpaired) electrons. The van der Waals surface area contributed by atoms with E-state index in [9.17, 15) is 15.3 Å². The molecule has 0 aromatic rings. The van der Waals surface area contributed by atoms with Crippen LogP contribution in [0.2, 0.25) is 0 Å². The topological polar surface area (TPSA) is 60.7 Å². The van der Waals surface area contributed by atoms with Crippen LogP contribution in [-0.4, -0.2) is 33.6 Å². The summed E-state index contributed by atoms with van der Waals surface area (Å²) in [7, 11) is 0. The Hall–Kier alpha value is -0.380. The van der Waals surface area contributed by atoms with Crippen molar-refractivity contribution >= 4 is 0 Å². The first-order valence-electron chi connectivity index (χ1n) is 12.4. The van der Waals surface area contributed by atoms with Crippen LogP contribution in [0, 0.1) is 40.4 Å². The smallest absolute Gasteiger partial charge is 0.0832 e. The molecule has 3 nitrogen and oxygen atoms in total. The van der Waals surface area contributed by atoms with Crippen LogP contribution >= 0.6 is 0 Å². The summed E-state index contributed by atoms with van der Waals surface area (Å²) in [6.45, 7) is 9.27. The summed E-state index contributed by atoms with van der Waals surface area (Å²) < 4.78 is 0. The van der Waals surface area contributed by atoms with Gasteiger partial charge in [0.2, 0.25) is 0 Å². The van der Waals surface area contributed by atoms with Gasteiger partial charge in [-0.15, -0.1) is 0 Å². The lowest BCUT2D eigenvalue weighted by atomic mass is 9.47. The minimum Gasteiger partial charge on any atom is -0.393 e. The van der Waals surface area contributed by atoms with Crippen molar-refractivity contribution in [3.63, 3.8) is 0 Å². The fourth-order valence-electron chi connectivity index (χ4n) is 8.19. The van der Waals surface area contributed by atoms with E-state index in [1.165, 1.54) is 24.8 Å². The summed E-state index contributed by atoms with van der Waals surface area (Å²) in [5.74, 6) is 2.91. The predicted octanol–water partition coefficient (Wildman–Crippen LogP) is 5.08. The van der Waals surface area contributed by atoms with Crippen molar-refractivity contribution in [3.8, 4) is 0 Å². The van der Waals surface area contributed by atoms with Crippen molar-refractivity contribution in [2.45, 2.75) is 110 Å². The molecular weight excluding hydrogens is 360 g/mol. The zero-order valence-electron chi connectivity index (χ0n) is 19.1. The van der Waals surface area contributed by atoms with Gasteiger partial charge in [-0.3, -0.25) is 0 Å². The second kappa shape index (κ2) is 7.95. The SMILES string of the molecule is CC(C)CC[C@H](O)[C@@H](O)[C@H]1CC[C@H]2[C@@H]3CC=C4C[C@@H](O)CC[C@]4(C)[C@H]3CC[C@]12C. The summed E-state index contributed by atoms with van der Waals surface area (Å²) in [6, 6.07) is 0. The predicted molar refractivity (Wildman–Crippen MR) is 117 cm³/mol. The number of fused-ring (bicyclic) bond motifs is 5. The second-order valence-corrected chi connectivity index (χ2v) is 11.9. The van der Waals surface area contributed by atoms with Crippen LogP contribution in [0.15, 0.2) is 11.6 Å². The molecule has 0 unspecified atom stereocenters. The maximum atomic E-state index is 11.1. The molecular formula is C26H44O3. The Bertz CT molecular complexity index is 627. The summed E-state index contributed by atoms with van der Waals surface area (Å²) in [5.41, 5.74) is 1.96. The van der Waals surface area contributed by atoms with Gasteiger partial charge in [-0.05, 0) is 105 Å². The number of allylic oxidation sites excluding steroid dienone is 1. The molecule has 0 amide bonds. The first-order valence-corrected chi connectivity index (χ1v) is 12.4. The van der Waals surface area contributed by atoms with E-state index in [0.29, 0.717) is 24.2 Å². The number of aliphatic hydroxyl groups is 3. The fourth-order valence-corrected chi connectivity index (χ4v) is 8.19. The largest absolute Gasteiger partial charge is 0.393 e. The van der Waals surface area contributed by atoms with E-state index >= 15 is 0 Å². The molecule has 9 atom stereocenters. The first-order chi connectivity index (χ1) is 13.7. The maximum Gasteiger partial charge on any atom is 0.0832 e. The van der Waals surface area contributed by atoms with Crippen LogP contribution in [0.4, 0.5) is 0 Å². The van der Waals surface area contributed by atoms with Crippen LogP contribution in [0.3, 0.4) is 0 Å². The van der Waals surface area contributed by atoms with Crippen LogP contribution in [0.5, 0.6) is 0 Å². The normalized spacial score (nSPS) is 46.5. The highest BCUT2D eigenvalue weighted by Gasteiger charge is 2.59. The third-order valence-corrected chi connectivity index (χ3v) is 10.00. The molecule has 4 rings (SSSR count). The Morgan fingerprint density at radius 2 is 1.76 bits per heavy atom. The van der Waals surface area contributed by atoms with Gasteiger partial charge in [0, 0.05) is 0 Å². The second-order valence-electron chi connectivity index (χ2n) is 11.9. The van der Waals surface area contributed by atoms with E-state index in [0.717, 1.165) is 44.4 Å². The standard InChI is InChI=1S/C26H44O3/c1-16(2)5-10-23(28)24(29)22-9-8-20-19-7-6-17-15-18(27)11-13-25(17,3)21(19)12-14-26(20,22)4/h6,16,18-24,27-29H,5,7-15H2,1-4H3/t18-,19-,20-,21-,22+,23-,24-,25-,26-/m0/s1. The van der Waals surface area contributed by atoms with Crippen LogP contribution in [0.25, 0.3) is 0 Å². The van der Waals surface area contributed by atoms with E-state index in [1.54, 1.807) is 0 Å². The molecule has 3 fully saturated rings. The lowest BCUT2D eigenvalue weighted by molar-refractivity contribution is -0.0971. The molecule has 0 heterocycles. The zero-order chi connectivity index (χ0) is 21.0. The summed E-state index contributed by atoms with van der Waals surface area (Å²) in [6.07, 6.45) is 11.7. The monoisotopic (exact) mass is 404 g/mol. The fraction of sp³-hybridized carbons (Fsp3) is 0.923. The van der Waals surface area contributed by atoms with Gasteiger partial charge >= 0.3 is 0 Å². The number of aliphatic hydroxyl groups excluding tert-OH is 3. The highest BCUT2D eigenvalue weighted by Crippen LogP contribution is 2.66. The zero-order valence-corrected chi connectivity index (χ0v) is 19.1. The van der Waals surface area contributed by atoms with Crippen molar-refractivity contribution in [1.82, 2.24) is 0 Å². The Labute approximate surface area is 178 Å². The average molecular weight is 405 g/mol. The molecule has 0 aliphatic heterocycles. The van der Waals surface area contributed by atoms with Gasteiger partial charge in [-0.25, -0.2) is 0 Å². The van der Waals surface area contributed by atoms with Gasteiger partial charge in [0.15, 0.2) is 0 Å². The van der Waals surface area contributed by atoms with E-state index in [-0.39, 0.29) is 22.9 Å². The molecule has 0 aromatic carbocycles. The van der Waals surface area contributed by atoms with Gasteiger partial charge in [-0.2, -0.15) is 0 Å². The summed E-state index contributed by atoms with van der Waals surface area (Å²) >= 11 is 0. The van der Waals surface area contributed by atoms with Gasteiger partial charge in [0.05, 0.1) is 18.3 Å². The van der Waals surface area contributed by atoms with E-state index in [4.69, 9.17) is 0 Å². The van der Waals surface area contributed by atoms with Crippen molar-refractivity contribution in [2.75, 3.05) is 0 Å². The van der Waals surface area contributed by atoms with E-state index in [2.05, 4.69) is 33.8 Å². The third-order valence-electron chi connectivity index (χ3n) is 10.00. The van der Waals surface area contributed by atoms with Gasteiger partial charge in [0.1, 0.15) is 0 Å². The number of hydrogen-bond acceptors (Lipinski definition) is 3. The lowest BCUT2D eigenvalue weighted by Crippen LogP contribution is -2.52. The first kappa shape index (κ1) is 21.8. The van der Waals surface area contributed by atoms with Crippen molar-refractivity contribution in [2.24, 2.45) is 40.4 Å². The number of hydrogen-bond donors (Lipinski definition) is 3. The van der Waals surface area contributed by atoms with Crippen LogP contribution in [0.1, 0.15) is 91.9 Å². The Morgan fingerprint density at radius 3 is 2.48 bits per heavy atom. The Balaban J connectivity index is 1.51. The molecule has 166 valence electrons. The average Bonchev–Trinajstić information content (AvgIpc) is 3.03. The molecule has 0 saturated heterocycles. The molecule has 4 aliphatic carbocycles. The van der Waals surface area contributed by atoms with Crippen molar-refractivity contribution in [3.05, 3.63) is 11.6 Å². The molecule has 3 saturated carbocycles. The maximum absolute atomic E-state index is 11.1. The molecule has 29 heavy (non-hydrogen) atoms. The van der Waals surface area contributed by atoms with E-state index < -0.39 is 12.2 Å². The minimum absolute atomic E-state index is 0.141. The van der Waals surface area contributed by atoms with Crippen molar-refractivity contribution < 1.29 is 15.3 Å². The van der Waals surface area contributed by atoms with Crippen molar-refractivity contribution in [1.29, 1.82) is 0 Å². The van der Waals surface area contributed by atoms with Gasteiger partial charge in [0.25, 0.3) is 0 Å². The third kappa shape index (κ3) is 3.64. The highest BCUT2D eigenvalue weighted by molar-refractivity contribution is 5.25. The minimum atomic E-state index is -0.578. The van der Waals surface area contributed by atoms with Gasteiger partial charge in [-0.1, -0.05) is 39.3 Å². The Morgan fingerprint density at radius 1 is 1.00 bits per heavy atom. The quantitative estimate of drug-likeness (QED) is 0.560. The Kier molecular flexibility index (Phi) is 5.99. The molecule has 4 aliphatic rings. The van der Waals surface area contributed by atoms with Gasteiger partial charge < -0.3 is 15.3 Å². The molecule has 0 spiro atoms. The highest BCUT2D eigenvalue weighted by atomic mass is 16.3. The molecule has 0 bridgehead atoms. The molecule has 3 heteroatoms. The number of rotatable bonds is 5. The van der Waals surface area contributed by atoms with E-state index in [1.807, 2.05) is 0 Å². The lowest BCUT2D eigenvalue weighted by Gasteiger charge is -2.58. The van der Waals surface area contributed by atoms with Crippen LogP contribution in [-0.2, 0) is 0 Å². The molecule has 0 aromatic heterocycles.